The normalized spacial score (nSPS) is 16.0. The van der Waals surface area contributed by atoms with Crippen LogP contribution in [0.25, 0.3) is 0 Å². The molecule has 0 radical (unpaired) electrons. The van der Waals surface area contributed by atoms with Crippen LogP contribution in [-0.2, 0) is 9.59 Å². The first kappa shape index (κ1) is 16.4. The quantitative estimate of drug-likeness (QED) is 0.386. The van der Waals surface area contributed by atoms with Crippen LogP contribution in [0, 0.1) is 17.2 Å². The second-order valence-corrected chi connectivity index (χ2v) is 4.94. The molecule has 1 aliphatic rings. The summed E-state index contributed by atoms with van der Waals surface area (Å²) < 4.78 is 0. The minimum atomic E-state index is -0.152. The Kier molecular flexibility index (Phi) is 6.98. The van der Waals surface area contributed by atoms with Gasteiger partial charge in [-0.1, -0.05) is 6.92 Å². The van der Waals surface area contributed by atoms with Crippen molar-refractivity contribution in [2.24, 2.45) is 11.8 Å². The number of nitrogens with zero attached hydrogens (tertiary/aromatic N) is 3. The standard InChI is InChI=1S/C13H23N5O2/c1-2-17(7-3-6-14)10-12(19)18-8-4-11(5-9-18)13(20)16-15/h11H,2-5,7-10,15H2,1H3,(H,16,20). The highest BCUT2D eigenvalue weighted by atomic mass is 16.2. The van der Waals surface area contributed by atoms with E-state index in [1.165, 1.54) is 0 Å². The zero-order valence-electron chi connectivity index (χ0n) is 12.0. The lowest BCUT2D eigenvalue weighted by Gasteiger charge is -2.32. The maximum Gasteiger partial charge on any atom is 0.237 e. The van der Waals surface area contributed by atoms with Gasteiger partial charge in [-0.25, -0.2) is 5.84 Å². The molecule has 0 spiro atoms. The third-order valence-electron chi connectivity index (χ3n) is 3.71. The number of likely N-dealkylation sites (tertiary alicyclic amines) is 1. The lowest BCUT2D eigenvalue weighted by Crippen LogP contribution is -2.47. The van der Waals surface area contributed by atoms with Crippen LogP contribution in [0.4, 0.5) is 0 Å². The molecule has 0 aromatic heterocycles. The van der Waals surface area contributed by atoms with Gasteiger partial charge in [0.05, 0.1) is 12.6 Å². The predicted octanol–water partition coefficient (Wildman–Crippen LogP) is -0.550. The van der Waals surface area contributed by atoms with E-state index in [-0.39, 0.29) is 17.7 Å². The smallest absolute Gasteiger partial charge is 0.237 e. The summed E-state index contributed by atoms with van der Waals surface area (Å²) in [5.74, 6) is 4.94. The molecule has 20 heavy (non-hydrogen) atoms. The molecule has 0 bridgehead atoms. The summed E-state index contributed by atoms with van der Waals surface area (Å²) in [5, 5.41) is 8.58. The van der Waals surface area contributed by atoms with Crippen molar-refractivity contribution in [2.75, 3.05) is 32.7 Å². The summed E-state index contributed by atoms with van der Waals surface area (Å²) >= 11 is 0. The molecule has 1 saturated heterocycles. The number of nitrogens with one attached hydrogen (secondary N) is 1. The van der Waals surface area contributed by atoms with Gasteiger partial charge in [0.15, 0.2) is 0 Å². The number of carbonyl (C=O) groups excluding carboxylic acids is 2. The Morgan fingerprint density at radius 3 is 2.60 bits per heavy atom. The molecule has 1 heterocycles. The van der Waals surface area contributed by atoms with Crippen molar-refractivity contribution in [3.8, 4) is 6.07 Å². The Balaban J connectivity index is 2.38. The number of hydrogen-bond donors (Lipinski definition) is 2. The van der Waals surface area contributed by atoms with E-state index in [0.29, 0.717) is 45.4 Å². The number of carbonyl (C=O) groups is 2. The molecule has 0 aromatic carbocycles. The molecule has 1 fully saturated rings. The van der Waals surface area contributed by atoms with Gasteiger partial charge in [-0.15, -0.1) is 0 Å². The predicted molar refractivity (Wildman–Crippen MR) is 74.0 cm³/mol. The maximum atomic E-state index is 12.2. The Labute approximate surface area is 119 Å². The number of hydrogen-bond acceptors (Lipinski definition) is 5. The Morgan fingerprint density at radius 2 is 2.10 bits per heavy atom. The summed E-state index contributed by atoms with van der Waals surface area (Å²) in [5.41, 5.74) is 2.16. The molecular formula is C13H23N5O2. The van der Waals surface area contributed by atoms with Gasteiger partial charge in [0.1, 0.15) is 0 Å². The number of amides is 2. The summed E-state index contributed by atoms with van der Waals surface area (Å²) in [6.07, 6.45) is 1.73. The summed E-state index contributed by atoms with van der Waals surface area (Å²) in [7, 11) is 0. The number of hydrazine groups is 1. The van der Waals surface area contributed by atoms with Crippen molar-refractivity contribution >= 4 is 11.8 Å². The van der Waals surface area contributed by atoms with Crippen molar-refractivity contribution in [3.63, 3.8) is 0 Å². The van der Waals surface area contributed by atoms with Crippen LogP contribution in [0.15, 0.2) is 0 Å². The number of likely N-dealkylation sites (N-methyl/N-ethyl adjacent to an activating group) is 1. The van der Waals surface area contributed by atoms with E-state index in [0.717, 1.165) is 6.54 Å². The van der Waals surface area contributed by atoms with E-state index in [4.69, 9.17) is 11.1 Å². The third-order valence-corrected chi connectivity index (χ3v) is 3.71. The summed E-state index contributed by atoms with van der Waals surface area (Å²) in [6, 6.07) is 2.09. The van der Waals surface area contributed by atoms with Crippen molar-refractivity contribution in [3.05, 3.63) is 0 Å². The molecule has 0 saturated carbocycles. The van der Waals surface area contributed by atoms with Gasteiger partial charge in [0.2, 0.25) is 11.8 Å². The average molecular weight is 281 g/mol. The topological polar surface area (TPSA) is 102 Å². The molecule has 7 heteroatoms. The minimum Gasteiger partial charge on any atom is -0.342 e. The third kappa shape index (κ3) is 4.79. The molecule has 7 nitrogen and oxygen atoms in total. The SMILES string of the molecule is CCN(CCC#N)CC(=O)N1CCC(C(=O)NN)CC1. The molecular weight excluding hydrogens is 258 g/mol. The van der Waals surface area contributed by atoms with Gasteiger partial charge in [0.25, 0.3) is 0 Å². The van der Waals surface area contributed by atoms with Crippen molar-refractivity contribution in [1.82, 2.24) is 15.2 Å². The second-order valence-electron chi connectivity index (χ2n) is 4.94. The molecule has 1 rings (SSSR count). The fourth-order valence-corrected chi connectivity index (χ4v) is 2.36. The van der Waals surface area contributed by atoms with Crippen LogP contribution in [0.1, 0.15) is 26.2 Å². The van der Waals surface area contributed by atoms with Crippen molar-refractivity contribution < 1.29 is 9.59 Å². The Hall–Kier alpha value is -1.65. The fourth-order valence-electron chi connectivity index (χ4n) is 2.36. The van der Waals surface area contributed by atoms with E-state index in [2.05, 4.69) is 11.5 Å². The van der Waals surface area contributed by atoms with Crippen LogP contribution in [0.3, 0.4) is 0 Å². The largest absolute Gasteiger partial charge is 0.342 e. The average Bonchev–Trinajstić information content (AvgIpc) is 2.50. The Morgan fingerprint density at radius 1 is 1.45 bits per heavy atom. The molecule has 0 aromatic rings. The molecule has 1 aliphatic heterocycles. The van der Waals surface area contributed by atoms with Crippen LogP contribution in [-0.4, -0.2) is 54.3 Å². The highest BCUT2D eigenvalue weighted by molar-refractivity contribution is 5.80. The minimum absolute atomic E-state index is 0.0661. The molecule has 0 atom stereocenters. The van der Waals surface area contributed by atoms with Crippen LogP contribution >= 0.6 is 0 Å². The number of piperidine rings is 1. The number of nitrogens with two attached hydrogens (primary N) is 1. The molecule has 0 unspecified atom stereocenters. The lowest BCUT2D eigenvalue weighted by molar-refractivity contribution is -0.136. The van der Waals surface area contributed by atoms with Gasteiger partial charge < -0.3 is 4.90 Å². The zero-order valence-corrected chi connectivity index (χ0v) is 12.0. The lowest BCUT2D eigenvalue weighted by atomic mass is 9.96. The molecule has 112 valence electrons. The van der Waals surface area contributed by atoms with E-state index >= 15 is 0 Å². The van der Waals surface area contributed by atoms with Gasteiger partial charge in [0, 0.05) is 32.0 Å². The molecule has 3 N–H and O–H groups in total. The van der Waals surface area contributed by atoms with Crippen LogP contribution in [0.5, 0.6) is 0 Å². The van der Waals surface area contributed by atoms with E-state index < -0.39 is 0 Å². The van der Waals surface area contributed by atoms with Crippen molar-refractivity contribution in [1.29, 1.82) is 5.26 Å². The highest BCUT2D eigenvalue weighted by Crippen LogP contribution is 2.17. The number of nitriles is 1. The highest BCUT2D eigenvalue weighted by Gasteiger charge is 2.27. The molecule has 0 aliphatic carbocycles. The first-order valence-electron chi connectivity index (χ1n) is 6.99. The maximum absolute atomic E-state index is 12.2. The molecule has 2 amide bonds. The van der Waals surface area contributed by atoms with Crippen LogP contribution < -0.4 is 11.3 Å². The first-order chi connectivity index (χ1) is 9.62. The van der Waals surface area contributed by atoms with E-state index in [9.17, 15) is 9.59 Å². The summed E-state index contributed by atoms with van der Waals surface area (Å²) in [4.78, 5) is 27.3. The van der Waals surface area contributed by atoms with Gasteiger partial charge in [-0.2, -0.15) is 5.26 Å². The second kappa shape index (κ2) is 8.51. The zero-order chi connectivity index (χ0) is 15.0. The van der Waals surface area contributed by atoms with Crippen LogP contribution in [0.2, 0.25) is 0 Å². The van der Waals surface area contributed by atoms with Crippen molar-refractivity contribution in [2.45, 2.75) is 26.2 Å². The van der Waals surface area contributed by atoms with Gasteiger partial charge in [-0.3, -0.25) is 19.9 Å². The van der Waals surface area contributed by atoms with Gasteiger partial charge in [-0.05, 0) is 19.4 Å². The monoisotopic (exact) mass is 281 g/mol. The number of rotatable bonds is 6. The Bertz CT molecular complexity index is 371. The summed E-state index contributed by atoms with van der Waals surface area (Å²) in [6.45, 7) is 4.86. The van der Waals surface area contributed by atoms with E-state index in [1.54, 1.807) is 4.90 Å². The van der Waals surface area contributed by atoms with Gasteiger partial charge >= 0.3 is 0 Å². The van der Waals surface area contributed by atoms with E-state index in [1.807, 2.05) is 11.8 Å². The first-order valence-corrected chi connectivity index (χ1v) is 6.99. The fraction of sp³-hybridized carbons (Fsp3) is 0.769.